The molecule has 1 aromatic heterocycles. The number of hydrogen-bond donors (Lipinski definition) is 1. The Morgan fingerprint density at radius 3 is 2.86 bits per heavy atom. The van der Waals surface area contributed by atoms with Gasteiger partial charge in [-0.05, 0) is 42.1 Å². The number of rotatable bonds is 6. The molecule has 1 aromatic carbocycles. The maximum Gasteiger partial charge on any atom is 0.337 e. The van der Waals surface area contributed by atoms with Crippen LogP contribution in [0.5, 0.6) is 5.75 Å². The van der Waals surface area contributed by atoms with Crippen molar-refractivity contribution in [2.75, 3.05) is 6.61 Å². The highest BCUT2D eigenvalue weighted by Gasteiger charge is 2.13. The maximum absolute atomic E-state index is 11.5. The van der Waals surface area contributed by atoms with E-state index in [0.29, 0.717) is 12.4 Å². The van der Waals surface area contributed by atoms with E-state index in [1.54, 1.807) is 12.1 Å². The van der Waals surface area contributed by atoms with Crippen molar-refractivity contribution in [3.05, 3.63) is 50.6 Å². The summed E-state index contributed by atoms with van der Waals surface area (Å²) < 4.78 is 6.57. The van der Waals surface area contributed by atoms with Crippen molar-refractivity contribution in [1.29, 1.82) is 0 Å². The van der Waals surface area contributed by atoms with Gasteiger partial charge in [0, 0.05) is 14.9 Å². The van der Waals surface area contributed by atoms with Crippen molar-refractivity contribution in [2.45, 2.75) is 13.3 Å². The average Bonchev–Trinajstić information content (AvgIpc) is 2.97. The molecule has 2 rings (SSSR count). The van der Waals surface area contributed by atoms with Gasteiger partial charge in [-0.3, -0.25) is 0 Å². The number of benzene rings is 1. The summed E-state index contributed by atoms with van der Waals surface area (Å²) >= 11 is 4.82. The van der Waals surface area contributed by atoms with Crippen LogP contribution in [0.25, 0.3) is 11.6 Å². The van der Waals surface area contributed by atoms with E-state index in [0.717, 1.165) is 21.3 Å². The molecule has 2 aromatic rings. The Bertz CT molecular complexity index is 648. The van der Waals surface area contributed by atoms with Gasteiger partial charge in [0.2, 0.25) is 0 Å². The fourth-order valence-electron chi connectivity index (χ4n) is 1.80. The third-order valence-corrected chi connectivity index (χ3v) is 4.15. The zero-order valence-electron chi connectivity index (χ0n) is 11.5. The summed E-state index contributed by atoms with van der Waals surface area (Å²) in [5.41, 5.74) is 1.02. The van der Waals surface area contributed by atoms with Crippen molar-refractivity contribution in [3.8, 4) is 5.75 Å². The summed E-state index contributed by atoms with van der Waals surface area (Å²) in [5.74, 6) is -0.255. The van der Waals surface area contributed by atoms with E-state index in [2.05, 4.69) is 15.9 Å². The van der Waals surface area contributed by atoms with Gasteiger partial charge in [0.1, 0.15) is 5.75 Å². The smallest absolute Gasteiger partial charge is 0.337 e. The van der Waals surface area contributed by atoms with Crippen LogP contribution in [0.4, 0.5) is 0 Å². The molecule has 0 aliphatic rings. The van der Waals surface area contributed by atoms with E-state index >= 15 is 0 Å². The first-order valence-corrected chi connectivity index (χ1v) is 8.20. The number of halogens is 1. The molecule has 0 aliphatic carbocycles. The quantitative estimate of drug-likeness (QED) is 0.737. The number of carboxylic acid groups (broad SMARTS) is 1. The summed E-state index contributed by atoms with van der Waals surface area (Å²) in [6, 6.07) is 9.23. The average molecular weight is 367 g/mol. The SMILES string of the molecule is CCCOc1ccc(Br)cc1/C=C(\C(=O)O)c1cccs1. The van der Waals surface area contributed by atoms with Crippen LogP contribution >= 0.6 is 27.3 Å². The molecule has 0 fully saturated rings. The highest BCUT2D eigenvalue weighted by Crippen LogP contribution is 2.29. The third-order valence-electron chi connectivity index (χ3n) is 2.75. The van der Waals surface area contributed by atoms with Crippen molar-refractivity contribution >= 4 is 44.9 Å². The van der Waals surface area contributed by atoms with Crippen LogP contribution in [-0.4, -0.2) is 17.7 Å². The Morgan fingerprint density at radius 2 is 2.24 bits per heavy atom. The summed E-state index contributed by atoms with van der Waals surface area (Å²) in [7, 11) is 0. The van der Waals surface area contributed by atoms with E-state index in [1.807, 2.05) is 36.6 Å². The van der Waals surface area contributed by atoms with Crippen molar-refractivity contribution in [1.82, 2.24) is 0 Å². The minimum Gasteiger partial charge on any atom is -0.493 e. The monoisotopic (exact) mass is 366 g/mol. The van der Waals surface area contributed by atoms with E-state index in [1.165, 1.54) is 11.3 Å². The molecule has 0 saturated heterocycles. The molecule has 0 aliphatic heterocycles. The van der Waals surface area contributed by atoms with Crippen LogP contribution in [0.3, 0.4) is 0 Å². The number of carbonyl (C=O) groups is 1. The molecular formula is C16H15BrO3S. The zero-order valence-corrected chi connectivity index (χ0v) is 13.9. The van der Waals surface area contributed by atoms with Gasteiger partial charge >= 0.3 is 5.97 Å². The Balaban J connectivity index is 2.45. The molecule has 5 heteroatoms. The number of carboxylic acids is 1. The molecule has 0 bridgehead atoms. The van der Waals surface area contributed by atoms with Crippen molar-refractivity contribution in [3.63, 3.8) is 0 Å². The van der Waals surface area contributed by atoms with Gasteiger partial charge in [-0.15, -0.1) is 11.3 Å². The first-order chi connectivity index (χ1) is 10.1. The summed E-state index contributed by atoms with van der Waals surface area (Å²) in [6.45, 7) is 2.63. The lowest BCUT2D eigenvalue weighted by molar-refractivity contribution is -0.130. The van der Waals surface area contributed by atoms with Gasteiger partial charge in [-0.1, -0.05) is 28.9 Å². The standard InChI is InChI=1S/C16H15BrO3S/c1-2-7-20-14-6-5-12(17)9-11(14)10-13(16(18)19)15-4-3-8-21-15/h3-6,8-10H,2,7H2,1H3,(H,18,19)/b13-10-. The Hall–Kier alpha value is -1.59. The van der Waals surface area contributed by atoms with Gasteiger partial charge in [0.25, 0.3) is 0 Å². The maximum atomic E-state index is 11.5. The van der Waals surface area contributed by atoms with E-state index in [4.69, 9.17) is 4.74 Å². The predicted molar refractivity (Wildman–Crippen MR) is 89.8 cm³/mol. The zero-order chi connectivity index (χ0) is 15.2. The molecule has 0 spiro atoms. The number of thiophene rings is 1. The fourth-order valence-corrected chi connectivity index (χ4v) is 2.91. The molecule has 3 nitrogen and oxygen atoms in total. The highest BCUT2D eigenvalue weighted by molar-refractivity contribution is 9.10. The minimum absolute atomic E-state index is 0.268. The van der Waals surface area contributed by atoms with Crippen molar-refractivity contribution in [2.24, 2.45) is 0 Å². The second-order valence-electron chi connectivity index (χ2n) is 4.37. The molecule has 0 amide bonds. The molecule has 1 heterocycles. The molecular weight excluding hydrogens is 352 g/mol. The normalized spacial score (nSPS) is 11.4. The second-order valence-corrected chi connectivity index (χ2v) is 6.23. The summed E-state index contributed by atoms with van der Waals surface area (Å²) in [4.78, 5) is 12.2. The number of aliphatic carboxylic acids is 1. The van der Waals surface area contributed by atoms with Crippen LogP contribution in [0, 0.1) is 0 Å². The van der Waals surface area contributed by atoms with Gasteiger partial charge in [-0.25, -0.2) is 4.79 Å². The minimum atomic E-state index is -0.945. The molecule has 0 atom stereocenters. The van der Waals surface area contributed by atoms with Gasteiger partial charge < -0.3 is 9.84 Å². The Labute approximate surface area is 136 Å². The molecule has 1 N–H and O–H groups in total. The van der Waals surface area contributed by atoms with Crippen LogP contribution in [0.1, 0.15) is 23.8 Å². The molecule has 0 radical (unpaired) electrons. The first kappa shape index (κ1) is 15.8. The van der Waals surface area contributed by atoms with E-state index < -0.39 is 5.97 Å². The van der Waals surface area contributed by atoms with Crippen LogP contribution in [-0.2, 0) is 4.79 Å². The first-order valence-electron chi connectivity index (χ1n) is 6.53. The van der Waals surface area contributed by atoms with Crippen LogP contribution < -0.4 is 4.74 Å². The summed E-state index contributed by atoms with van der Waals surface area (Å²) in [6.07, 6.45) is 2.56. The number of ether oxygens (including phenoxy) is 1. The molecule has 110 valence electrons. The Morgan fingerprint density at radius 1 is 1.43 bits per heavy atom. The molecule has 0 unspecified atom stereocenters. The fraction of sp³-hybridized carbons (Fsp3) is 0.188. The topological polar surface area (TPSA) is 46.5 Å². The second kappa shape index (κ2) is 7.43. The van der Waals surface area contributed by atoms with Crippen LogP contribution in [0.2, 0.25) is 0 Å². The van der Waals surface area contributed by atoms with E-state index in [-0.39, 0.29) is 5.57 Å². The van der Waals surface area contributed by atoms with Crippen LogP contribution in [0.15, 0.2) is 40.2 Å². The lowest BCUT2D eigenvalue weighted by Gasteiger charge is -2.09. The van der Waals surface area contributed by atoms with Gasteiger partial charge in [0.15, 0.2) is 0 Å². The lowest BCUT2D eigenvalue weighted by atomic mass is 10.1. The van der Waals surface area contributed by atoms with Crippen molar-refractivity contribution < 1.29 is 14.6 Å². The largest absolute Gasteiger partial charge is 0.493 e. The van der Waals surface area contributed by atoms with E-state index in [9.17, 15) is 9.90 Å². The predicted octanol–water partition coefficient (Wildman–Crippen LogP) is 4.92. The van der Waals surface area contributed by atoms with Gasteiger partial charge in [0.05, 0.1) is 12.2 Å². The highest BCUT2D eigenvalue weighted by atomic mass is 79.9. The number of hydrogen-bond acceptors (Lipinski definition) is 3. The lowest BCUT2D eigenvalue weighted by Crippen LogP contribution is -2.00. The third kappa shape index (κ3) is 4.19. The van der Waals surface area contributed by atoms with Gasteiger partial charge in [-0.2, -0.15) is 0 Å². The molecule has 0 saturated carbocycles. The summed E-state index contributed by atoms with van der Waals surface area (Å²) in [5, 5.41) is 11.3. The molecule has 21 heavy (non-hydrogen) atoms. The Kier molecular flexibility index (Phi) is 5.59.